The highest BCUT2D eigenvalue weighted by molar-refractivity contribution is 6.33. The molecular weight excluding hydrogens is 265 g/mol. The molecule has 0 bridgehead atoms. The van der Waals surface area contributed by atoms with E-state index in [0.717, 1.165) is 0 Å². The lowest BCUT2D eigenvalue weighted by molar-refractivity contribution is 0.0589. The molecule has 0 aliphatic heterocycles. The number of hydrogen-bond acceptors (Lipinski definition) is 4. The van der Waals surface area contributed by atoms with E-state index in [1.165, 1.54) is 18.0 Å². The Labute approximate surface area is 110 Å². The molecule has 0 N–H and O–H groups in total. The lowest BCUT2D eigenvalue weighted by atomic mass is 10.2. The third kappa shape index (κ3) is 4.02. The highest BCUT2D eigenvalue weighted by Crippen LogP contribution is 2.25. The van der Waals surface area contributed by atoms with Crippen LogP contribution in [0.2, 0.25) is 10.3 Å². The summed E-state index contributed by atoms with van der Waals surface area (Å²) in [4.78, 5) is 13.0. The fraction of sp³-hybridized carbons (Fsp3) is 0.500. The number of carbonyl (C=O) groups excluding carboxylic acids is 1. The summed E-state index contributed by atoms with van der Waals surface area (Å²) >= 11 is 11.5. The van der Waals surface area contributed by atoms with Crippen molar-refractivity contribution in [2.45, 2.75) is 26.4 Å². The molecule has 0 aliphatic carbocycles. The van der Waals surface area contributed by atoms with Gasteiger partial charge in [-0.15, -0.1) is 10.2 Å². The molecule has 1 aromatic heterocycles. The molecule has 0 spiro atoms. The van der Waals surface area contributed by atoms with Gasteiger partial charge < -0.3 is 4.74 Å². The predicted octanol–water partition coefficient (Wildman–Crippen LogP) is 3.15. The minimum Gasteiger partial charge on any atom is -0.443 e. The van der Waals surface area contributed by atoms with Gasteiger partial charge in [-0.25, -0.2) is 4.79 Å². The molecule has 0 fully saturated rings. The van der Waals surface area contributed by atoms with Crippen LogP contribution in [0.4, 0.5) is 10.5 Å². The van der Waals surface area contributed by atoms with Crippen LogP contribution >= 0.6 is 23.2 Å². The van der Waals surface area contributed by atoms with Gasteiger partial charge in [-0.3, -0.25) is 4.90 Å². The van der Waals surface area contributed by atoms with Crippen LogP contribution in [0.5, 0.6) is 0 Å². The fourth-order valence-corrected chi connectivity index (χ4v) is 1.37. The zero-order chi connectivity index (χ0) is 13.2. The molecule has 0 aliphatic rings. The average Bonchev–Trinajstić information content (AvgIpc) is 2.18. The van der Waals surface area contributed by atoms with Gasteiger partial charge >= 0.3 is 6.09 Å². The Morgan fingerprint density at radius 2 is 1.94 bits per heavy atom. The van der Waals surface area contributed by atoms with Gasteiger partial charge in [-0.1, -0.05) is 23.2 Å². The van der Waals surface area contributed by atoms with E-state index in [0.29, 0.717) is 5.69 Å². The molecule has 0 saturated heterocycles. The van der Waals surface area contributed by atoms with Crippen molar-refractivity contribution in [2.24, 2.45) is 0 Å². The summed E-state index contributed by atoms with van der Waals surface area (Å²) in [5.74, 6) is 0. The summed E-state index contributed by atoms with van der Waals surface area (Å²) in [6.07, 6.45) is -0.538. The highest BCUT2D eigenvalue weighted by atomic mass is 35.5. The first kappa shape index (κ1) is 14.0. The summed E-state index contributed by atoms with van der Waals surface area (Å²) in [5.41, 5.74) is -0.233. The van der Waals surface area contributed by atoms with Gasteiger partial charge in [0.2, 0.25) is 0 Å². The molecule has 17 heavy (non-hydrogen) atoms. The number of aromatic nitrogens is 2. The number of hydrogen-bond donors (Lipinski definition) is 0. The van der Waals surface area contributed by atoms with Crippen LogP contribution in [0.1, 0.15) is 20.8 Å². The number of ether oxygens (including phenoxy) is 1. The number of nitrogens with zero attached hydrogens (tertiary/aromatic N) is 3. The molecular formula is C10H13Cl2N3O2. The number of amides is 1. The Morgan fingerprint density at radius 3 is 2.47 bits per heavy atom. The maximum atomic E-state index is 11.8. The van der Waals surface area contributed by atoms with Crippen LogP contribution in [0.15, 0.2) is 6.07 Å². The van der Waals surface area contributed by atoms with E-state index in [1.807, 2.05) is 0 Å². The first-order valence-corrected chi connectivity index (χ1v) is 5.62. The van der Waals surface area contributed by atoms with Gasteiger partial charge in [-0.2, -0.15) is 0 Å². The molecule has 1 aromatic rings. The van der Waals surface area contributed by atoms with Gasteiger partial charge in [0.05, 0.1) is 5.69 Å². The van der Waals surface area contributed by atoms with Crippen LogP contribution in [-0.4, -0.2) is 28.9 Å². The van der Waals surface area contributed by atoms with Crippen LogP contribution < -0.4 is 4.90 Å². The number of carbonyl (C=O) groups is 1. The second-order valence-electron chi connectivity index (χ2n) is 4.38. The van der Waals surface area contributed by atoms with Gasteiger partial charge in [0.25, 0.3) is 0 Å². The van der Waals surface area contributed by atoms with Crippen molar-refractivity contribution in [3.8, 4) is 0 Å². The van der Waals surface area contributed by atoms with E-state index in [4.69, 9.17) is 27.9 Å². The first-order valence-electron chi connectivity index (χ1n) is 4.86. The molecule has 0 aromatic carbocycles. The minimum absolute atomic E-state index is 0.0859. The standard InChI is InChI=1S/C10H13Cl2N3O2/c1-10(2,3)17-9(16)15(4)6-5-7(11)13-14-8(6)12/h5H,1-4H3. The van der Waals surface area contributed by atoms with Crippen molar-refractivity contribution in [3.05, 3.63) is 16.4 Å². The molecule has 0 saturated carbocycles. The lowest BCUT2D eigenvalue weighted by Gasteiger charge is -2.24. The van der Waals surface area contributed by atoms with Crippen molar-refractivity contribution in [1.82, 2.24) is 10.2 Å². The van der Waals surface area contributed by atoms with E-state index in [1.54, 1.807) is 20.8 Å². The van der Waals surface area contributed by atoms with Crippen molar-refractivity contribution < 1.29 is 9.53 Å². The van der Waals surface area contributed by atoms with E-state index >= 15 is 0 Å². The number of halogens is 2. The molecule has 0 radical (unpaired) electrons. The first-order chi connectivity index (χ1) is 7.70. The SMILES string of the molecule is CN(C(=O)OC(C)(C)C)c1cc(Cl)nnc1Cl. The Hall–Kier alpha value is -1.07. The summed E-state index contributed by atoms with van der Waals surface area (Å²) in [6.45, 7) is 5.33. The van der Waals surface area contributed by atoms with Crippen LogP contribution in [-0.2, 0) is 4.74 Å². The third-order valence-corrected chi connectivity index (χ3v) is 2.18. The molecule has 5 nitrogen and oxygen atoms in total. The topological polar surface area (TPSA) is 55.3 Å². The highest BCUT2D eigenvalue weighted by Gasteiger charge is 2.22. The number of rotatable bonds is 1. The van der Waals surface area contributed by atoms with Crippen LogP contribution in [0.25, 0.3) is 0 Å². The van der Waals surface area contributed by atoms with E-state index in [9.17, 15) is 4.79 Å². The van der Waals surface area contributed by atoms with Gasteiger partial charge in [0.15, 0.2) is 10.3 Å². The second-order valence-corrected chi connectivity index (χ2v) is 5.13. The van der Waals surface area contributed by atoms with E-state index in [2.05, 4.69) is 10.2 Å². The van der Waals surface area contributed by atoms with Gasteiger partial charge in [0, 0.05) is 13.1 Å². The quantitative estimate of drug-likeness (QED) is 0.791. The van der Waals surface area contributed by atoms with Gasteiger partial charge in [-0.05, 0) is 20.8 Å². The summed E-state index contributed by atoms with van der Waals surface area (Å²) in [7, 11) is 1.52. The normalized spacial score (nSPS) is 11.2. The molecule has 0 unspecified atom stereocenters. The Morgan fingerprint density at radius 1 is 1.35 bits per heavy atom. The maximum absolute atomic E-state index is 11.8. The summed E-state index contributed by atoms with van der Waals surface area (Å²) in [5, 5.41) is 7.41. The summed E-state index contributed by atoms with van der Waals surface area (Å²) < 4.78 is 5.19. The maximum Gasteiger partial charge on any atom is 0.414 e. The molecule has 94 valence electrons. The second kappa shape index (κ2) is 5.06. The monoisotopic (exact) mass is 277 g/mol. The summed E-state index contributed by atoms with van der Waals surface area (Å²) in [6, 6.07) is 1.45. The average molecular weight is 278 g/mol. The molecule has 7 heteroatoms. The Bertz CT molecular complexity index is 432. The molecule has 1 amide bonds. The zero-order valence-corrected chi connectivity index (χ0v) is 11.5. The van der Waals surface area contributed by atoms with Crippen molar-refractivity contribution in [2.75, 3.05) is 11.9 Å². The van der Waals surface area contributed by atoms with Crippen LogP contribution in [0.3, 0.4) is 0 Å². The third-order valence-electron chi connectivity index (χ3n) is 1.73. The van der Waals surface area contributed by atoms with E-state index < -0.39 is 11.7 Å². The smallest absolute Gasteiger partial charge is 0.414 e. The van der Waals surface area contributed by atoms with Gasteiger partial charge in [0.1, 0.15) is 5.60 Å². The largest absolute Gasteiger partial charge is 0.443 e. The molecule has 1 rings (SSSR count). The number of anilines is 1. The van der Waals surface area contributed by atoms with Crippen molar-refractivity contribution in [3.63, 3.8) is 0 Å². The molecule has 1 heterocycles. The van der Waals surface area contributed by atoms with E-state index in [-0.39, 0.29) is 10.3 Å². The zero-order valence-electron chi connectivity index (χ0n) is 9.99. The fourth-order valence-electron chi connectivity index (χ4n) is 1.01. The van der Waals surface area contributed by atoms with Crippen molar-refractivity contribution in [1.29, 1.82) is 0 Å². The lowest BCUT2D eigenvalue weighted by Crippen LogP contribution is -2.34. The molecule has 0 atom stereocenters. The Balaban J connectivity index is 2.92. The minimum atomic E-state index is -0.581. The van der Waals surface area contributed by atoms with Crippen LogP contribution in [0, 0.1) is 0 Å². The Kier molecular flexibility index (Phi) is 4.16. The van der Waals surface area contributed by atoms with Crippen molar-refractivity contribution >= 4 is 35.0 Å². The predicted molar refractivity (Wildman–Crippen MR) is 66.7 cm³/mol.